The molecule has 3 heterocycles. The molecule has 4 nitrogen and oxygen atoms in total. The monoisotopic (exact) mass is 325 g/mol. The molecule has 0 amide bonds. The molecule has 0 spiro atoms. The summed E-state index contributed by atoms with van der Waals surface area (Å²) >= 11 is 2.05. The predicted octanol–water partition coefficient (Wildman–Crippen LogP) is 2.67. The zero-order valence-electron chi connectivity index (χ0n) is 10.6. The first-order chi connectivity index (χ1) is 9.51. The Morgan fingerprint density at radius 1 is 1.35 bits per heavy atom. The van der Waals surface area contributed by atoms with Crippen molar-refractivity contribution in [2.75, 3.05) is 25.4 Å². The summed E-state index contributed by atoms with van der Waals surface area (Å²) in [6.07, 6.45) is -3.72. The van der Waals surface area contributed by atoms with Crippen molar-refractivity contribution in [3.8, 4) is 5.88 Å². The highest BCUT2D eigenvalue weighted by atomic mass is 32.2. The van der Waals surface area contributed by atoms with Gasteiger partial charge in [0.05, 0.1) is 18.1 Å². The first-order valence-electron chi connectivity index (χ1n) is 6.42. The van der Waals surface area contributed by atoms with Gasteiger partial charge in [0, 0.05) is 24.8 Å². The first kappa shape index (κ1) is 14.4. The number of alkyl halides is 3. The largest absolute Gasteiger partial charge is 0.470 e. The summed E-state index contributed by atoms with van der Waals surface area (Å²) in [4.78, 5) is 2.34. The van der Waals surface area contributed by atoms with E-state index in [-0.39, 0.29) is 11.9 Å². The van der Waals surface area contributed by atoms with Crippen LogP contribution >= 0.6 is 23.5 Å². The molecule has 0 aliphatic carbocycles. The smallest absolute Gasteiger partial charge is 0.389 e. The summed E-state index contributed by atoms with van der Waals surface area (Å²) < 4.78 is 50.3. The lowest BCUT2D eigenvalue weighted by Crippen LogP contribution is -2.32. The molecule has 2 aliphatic heterocycles. The highest BCUT2D eigenvalue weighted by Gasteiger charge is 2.40. The SMILES string of the molecule is FC(F)(F)CCSc1nsnc1O[C@H]1CN2CCC1C2. The Morgan fingerprint density at radius 2 is 2.20 bits per heavy atom. The molecule has 2 fully saturated rings. The molecular formula is C11H14F3N3OS2. The van der Waals surface area contributed by atoms with Crippen molar-refractivity contribution in [2.45, 2.75) is 30.1 Å². The molecule has 0 radical (unpaired) electrons. The first-order valence-corrected chi connectivity index (χ1v) is 8.14. The van der Waals surface area contributed by atoms with Gasteiger partial charge in [0.2, 0.25) is 0 Å². The van der Waals surface area contributed by atoms with Crippen LogP contribution in [-0.2, 0) is 0 Å². The number of fused-ring (bicyclic) bond motifs is 2. The molecular weight excluding hydrogens is 311 g/mol. The fraction of sp³-hybridized carbons (Fsp3) is 0.818. The van der Waals surface area contributed by atoms with E-state index in [1.807, 2.05) is 0 Å². The number of aromatic nitrogens is 2. The fourth-order valence-electron chi connectivity index (χ4n) is 2.61. The number of rotatable bonds is 5. The Balaban J connectivity index is 1.54. The van der Waals surface area contributed by atoms with Crippen LogP contribution in [0.3, 0.4) is 0 Å². The van der Waals surface area contributed by atoms with Gasteiger partial charge in [-0.25, -0.2) is 0 Å². The number of ether oxygens (including phenoxy) is 1. The highest BCUT2D eigenvalue weighted by molar-refractivity contribution is 7.99. The summed E-state index contributed by atoms with van der Waals surface area (Å²) in [5, 5.41) is 0.483. The lowest BCUT2D eigenvalue weighted by Gasteiger charge is -2.22. The maximum Gasteiger partial charge on any atom is 0.389 e. The fourth-order valence-corrected chi connectivity index (χ4v) is 4.12. The van der Waals surface area contributed by atoms with E-state index in [0.717, 1.165) is 49.5 Å². The molecule has 1 aromatic heterocycles. The molecule has 0 aromatic carbocycles. The van der Waals surface area contributed by atoms with Crippen LogP contribution in [0.5, 0.6) is 5.88 Å². The summed E-state index contributed by atoms with van der Waals surface area (Å²) in [6.45, 7) is 3.06. The van der Waals surface area contributed by atoms with Crippen molar-refractivity contribution < 1.29 is 17.9 Å². The minimum Gasteiger partial charge on any atom is -0.470 e. The van der Waals surface area contributed by atoms with Crippen molar-refractivity contribution in [3.05, 3.63) is 0 Å². The number of piperidine rings is 1. The van der Waals surface area contributed by atoms with Crippen LogP contribution in [0.15, 0.2) is 5.03 Å². The highest BCUT2D eigenvalue weighted by Crippen LogP contribution is 2.35. The van der Waals surface area contributed by atoms with E-state index >= 15 is 0 Å². The molecule has 9 heteroatoms. The average Bonchev–Trinajstić information content (AvgIpc) is 3.05. The van der Waals surface area contributed by atoms with Crippen LogP contribution in [0.25, 0.3) is 0 Å². The minimum atomic E-state index is -4.13. The zero-order chi connectivity index (χ0) is 14.2. The van der Waals surface area contributed by atoms with Gasteiger partial charge >= 0.3 is 6.18 Å². The van der Waals surface area contributed by atoms with E-state index in [1.54, 1.807) is 0 Å². The molecule has 2 unspecified atom stereocenters. The summed E-state index contributed by atoms with van der Waals surface area (Å²) in [5.74, 6) is 0.872. The van der Waals surface area contributed by atoms with Crippen molar-refractivity contribution in [1.82, 2.24) is 13.6 Å². The Hall–Kier alpha value is -0.540. The summed E-state index contributed by atoms with van der Waals surface area (Å²) in [6, 6.07) is 0. The van der Waals surface area contributed by atoms with Gasteiger partial charge in [-0.15, -0.1) is 4.37 Å². The molecule has 0 saturated carbocycles. The molecule has 3 atom stereocenters. The van der Waals surface area contributed by atoms with Crippen LogP contribution in [0.1, 0.15) is 12.8 Å². The average molecular weight is 325 g/mol. The molecule has 2 aliphatic rings. The molecule has 112 valence electrons. The third-order valence-electron chi connectivity index (χ3n) is 3.59. The van der Waals surface area contributed by atoms with Crippen LogP contribution < -0.4 is 4.74 Å². The predicted molar refractivity (Wildman–Crippen MR) is 70.3 cm³/mol. The Kier molecular flexibility index (Phi) is 4.09. The molecule has 2 bridgehead atoms. The van der Waals surface area contributed by atoms with Gasteiger partial charge in [-0.05, 0) is 13.0 Å². The van der Waals surface area contributed by atoms with Crippen molar-refractivity contribution in [2.24, 2.45) is 5.92 Å². The van der Waals surface area contributed by atoms with E-state index in [1.165, 1.54) is 0 Å². The van der Waals surface area contributed by atoms with E-state index in [0.29, 0.717) is 16.8 Å². The van der Waals surface area contributed by atoms with Crippen LogP contribution in [-0.4, -0.2) is 51.3 Å². The number of hydrogen-bond donors (Lipinski definition) is 0. The van der Waals surface area contributed by atoms with E-state index in [2.05, 4.69) is 13.6 Å². The molecule has 3 rings (SSSR count). The lowest BCUT2D eigenvalue weighted by molar-refractivity contribution is -0.129. The second-order valence-electron chi connectivity index (χ2n) is 5.05. The van der Waals surface area contributed by atoms with Crippen LogP contribution in [0.2, 0.25) is 0 Å². The summed E-state index contributed by atoms with van der Waals surface area (Å²) in [5.41, 5.74) is 0. The van der Waals surface area contributed by atoms with Crippen molar-refractivity contribution in [3.63, 3.8) is 0 Å². The second-order valence-corrected chi connectivity index (χ2v) is 6.66. The number of hydrogen-bond acceptors (Lipinski definition) is 6. The Labute approximate surface area is 123 Å². The van der Waals surface area contributed by atoms with Crippen LogP contribution in [0, 0.1) is 5.92 Å². The van der Waals surface area contributed by atoms with Gasteiger partial charge < -0.3 is 4.74 Å². The van der Waals surface area contributed by atoms with Crippen molar-refractivity contribution >= 4 is 23.5 Å². The van der Waals surface area contributed by atoms with E-state index in [9.17, 15) is 13.2 Å². The topological polar surface area (TPSA) is 38.3 Å². The third kappa shape index (κ3) is 3.37. The van der Waals surface area contributed by atoms with E-state index in [4.69, 9.17) is 4.74 Å². The Morgan fingerprint density at radius 3 is 2.85 bits per heavy atom. The number of thioether (sulfide) groups is 1. The molecule has 0 N–H and O–H groups in total. The maximum atomic E-state index is 12.1. The maximum absolute atomic E-state index is 12.1. The van der Waals surface area contributed by atoms with Gasteiger partial charge in [-0.1, -0.05) is 11.8 Å². The molecule has 20 heavy (non-hydrogen) atoms. The minimum absolute atomic E-state index is 0.0501. The Bertz CT molecular complexity index is 468. The van der Waals surface area contributed by atoms with Gasteiger partial charge in [-0.3, -0.25) is 4.90 Å². The van der Waals surface area contributed by atoms with Gasteiger partial charge in [-0.2, -0.15) is 17.5 Å². The van der Waals surface area contributed by atoms with Crippen molar-refractivity contribution in [1.29, 1.82) is 0 Å². The zero-order valence-corrected chi connectivity index (χ0v) is 12.2. The van der Waals surface area contributed by atoms with Gasteiger partial charge in [0.25, 0.3) is 5.88 Å². The second kappa shape index (κ2) is 5.69. The molecule has 1 aromatic rings. The normalized spacial score (nSPS) is 29.1. The summed E-state index contributed by atoms with van der Waals surface area (Å²) in [7, 11) is 0. The van der Waals surface area contributed by atoms with Gasteiger partial charge in [0.15, 0.2) is 5.03 Å². The van der Waals surface area contributed by atoms with Gasteiger partial charge in [0.1, 0.15) is 6.10 Å². The third-order valence-corrected chi connectivity index (χ3v) is 5.17. The quantitative estimate of drug-likeness (QED) is 0.778. The number of halogens is 3. The van der Waals surface area contributed by atoms with Crippen LogP contribution in [0.4, 0.5) is 13.2 Å². The standard InChI is InChI=1S/C11H14F3N3OS2/c12-11(13,14)2-4-19-10-9(15-20-16-10)18-8-6-17-3-1-7(8)5-17/h7-8H,1-6H2/t7?,8-/m0/s1. The van der Waals surface area contributed by atoms with E-state index < -0.39 is 12.6 Å². The number of nitrogens with zero attached hydrogens (tertiary/aromatic N) is 3. The molecule has 2 saturated heterocycles. The lowest BCUT2D eigenvalue weighted by atomic mass is 10.0.